The third-order valence-electron chi connectivity index (χ3n) is 4.10. The molecule has 0 bridgehead atoms. The molecule has 0 spiro atoms. The van der Waals surface area contributed by atoms with Gasteiger partial charge in [-0.3, -0.25) is 19.4 Å². The van der Waals surface area contributed by atoms with Gasteiger partial charge in [-0.1, -0.05) is 12.1 Å². The fourth-order valence-corrected chi connectivity index (χ4v) is 2.74. The van der Waals surface area contributed by atoms with Gasteiger partial charge in [-0.05, 0) is 24.1 Å². The maximum atomic E-state index is 12.4. The van der Waals surface area contributed by atoms with Crippen molar-refractivity contribution < 1.29 is 29.0 Å². The number of carbonyl (C=O) groups excluding carboxylic acids is 4. The number of methoxy groups -OCH3 is 1. The summed E-state index contributed by atoms with van der Waals surface area (Å²) in [6, 6.07) is 5.64. The van der Waals surface area contributed by atoms with E-state index in [0.29, 0.717) is 11.3 Å². The average molecular weight is 333 g/mol. The Balaban J connectivity index is 2.45. The van der Waals surface area contributed by atoms with Gasteiger partial charge in [0.2, 0.25) is 11.8 Å². The van der Waals surface area contributed by atoms with Crippen molar-refractivity contribution in [3.05, 3.63) is 29.8 Å². The van der Waals surface area contributed by atoms with Gasteiger partial charge in [0.25, 0.3) is 0 Å². The molecule has 8 heteroatoms. The Morgan fingerprint density at radius 3 is 2.04 bits per heavy atom. The molecular formula is C16H17N2O6-. The van der Waals surface area contributed by atoms with E-state index < -0.39 is 42.1 Å². The number of carbonyl (C=O) groups is 4. The second kappa shape index (κ2) is 6.69. The number of carboxylic acid groups (broad SMARTS) is 1. The van der Waals surface area contributed by atoms with Crippen molar-refractivity contribution in [2.75, 3.05) is 21.2 Å². The molecule has 0 N–H and O–H groups in total. The van der Waals surface area contributed by atoms with Gasteiger partial charge >= 0.3 is 6.03 Å². The van der Waals surface area contributed by atoms with Crippen LogP contribution in [0.15, 0.2) is 24.3 Å². The number of amides is 4. The number of rotatable bonds is 5. The molecule has 1 aromatic carbocycles. The normalized spacial score (nSPS) is 17.2. The van der Waals surface area contributed by atoms with E-state index in [4.69, 9.17) is 4.74 Å². The predicted octanol–water partition coefficient (Wildman–Crippen LogP) is -0.415. The van der Waals surface area contributed by atoms with Crippen LogP contribution in [0.1, 0.15) is 17.9 Å². The van der Waals surface area contributed by atoms with Crippen LogP contribution in [0.25, 0.3) is 0 Å². The van der Waals surface area contributed by atoms with Gasteiger partial charge in [-0.15, -0.1) is 0 Å². The zero-order valence-electron chi connectivity index (χ0n) is 13.5. The third kappa shape index (κ3) is 3.08. The molecular weight excluding hydrogens is 316 g/mol. The number of aliphatic carboxylic acids is 1. The first-order valence-electron chi connectivity index (χ1n) is 7.20. The molecule has 1 aliphatic heterocycles. The molecule has 4 amide bonds. The van der Waals surface area contributed by atoms with Crippen molar-refractivity contribution >= 4 is 23.8 Å². The highest BCUT2D eigenvalue weighted by Gasteiger charge is 2.46. The highest BCUT2D eigenvalue weighted by molar-refractivity contribution is 6.16. The lowest BCUT2D eigenvalue weighted by molar-refractivity contribution is -0.306. The Bertz CT molecular complexity index is 660. The average Bonchev–Trinajstić information content (AvgIpc) is 2.57. The Morgan fingerprint density at radius 1 is 1.12 bits per heavy atom. The molecule has 1 aromatic rings. The predicted molar refractivity (Wildman–Crippen MR) is 79.8 cm³/mol. The number of carboxylic acids is 1. The van der Waals surface area contributed by atoms with E-state index in [1.165, 1.54) is 21.2 Å². The van der Waals surface area contributed by atoms with Crippen LogP contribution >= 0.6 is 0 Å². The Morgan fingerprint density at radius 2 is 1.62 bits per heavy atom. The molecule has 128 valence electrons. The largest absolute Gasteiger partial charge is 0.550 e. The van der Waals surface area contributed by atoms with Gasteiger partial charge in [0, 0.05) is 26.0 Å². The van der Waals surface area contributed by atoms with Gasteiger partial charge in [0.15, 0.2) is 0 Å². The lowest BCUT2D eigenvalue weighted by Crippen LogP contribution is -2.58. The quantitative estimate of drug-likeness (QED) is 0.678. The highest BCUT2D eigenvalue weighted by atomic mass is 16.5. The Kier molecular flexibility index (Phi) is 4.87. The van der Waals surface area contributed by atoms with Gasteiger partial charge in [0.1, 0.15) is 11.7 Å². The molecule has 0 aliphatic carbocycles. The second-order valence-corrected chi connectivity index (χ2v) is 5.51. The van der Waals surface area contributed by atoms with Crippen LogP contribution in [-0.4, -0.2) is 54.8 Å². The summed E-state index contributed by atoms with van der Waals surface area (Å²) < 4.78 is 5.04. The van der Waals surface area contributed by atoms with E-state index in [2.05, 4.69) is 0 Å². The van der Waals surface area contributed by atoms with Crippen molar-refractivity contribution in [2.24, 2.45) is 5.92 Å². The molecule has 1 atom stereocenters. The number of hydrogen-bond acceptors (Lipinski definition) is 6. The molecule has 0 aromatic heterocycles. The summed E-state index contributed by atoms with van der Waals surface area (Å²) in [5.41, 5.74) is 0.475. The van der Waals surface area contributed by atoms with Crippen molar-refractivity contribution in [2.45, 2.75) is 12.3 Å². The number of hydrogen-bond donors (Lipinski definition) is 0. The Hall–Kier alpha value is -2.90. The molecule has 24 heavy (non-hydrogen) atoms. The van der Waals surface area contributed by atoms with E-state index in [9.17, 15) is 24.3 Å². The van der Waals surface area contributed by atoms with Crippen molar-refractivity contribution in [3.63, 3.8) is 0 Å². The van der Waals surface area contributed by atoms with Gasteiger partial charge in [-0.25, -0.2) is 4.79 Å². The number of nitrogens with zero attached hydrogens (tertiary/aromatic N) is 2. The highest BCUT2D eigenvalue weighted by Crippen LogP contribution is 2.34. The van der Waals surface area contributed by atoms with Crippen LogP contribution in [0.5, 0.6) is 5.75 Å². The Labute approximate surface area is 138 Å². The summed E-state index contributed by atoms with van der Waals surface area (Å²) in [5, 5.41) is 11.1. The molecule has 1 fully saturated rings. The zero-order valence-corrected chi connectivity index (χ0v) is 13.5. The SMILES string of the molecule is COc1ccc([C@@H](CC(=O)[O-])C2C(=O)N(C)C(=O)N(C)C2=O)cc1. The van der Waals surface area contributed by atoms with Crippen LogP contribution in [-0.2, 0) is 14.4 Å². The molecule has 2 rings (SSSR count). The fraction of sp³-hybridized carbons (Fsp3) is 0.375. The number of imide groups is 2. The smallest absolute Gasteiger partial charge is 0.332 e. The molecule has 0 saturated carbocycles. The minimum Gasteiger partial charge on any atom is -0.550 e. The van der Waals surface area contributed by atoms with Crippen LogP contribution in [0, 0.1) is 5.92 Å². The molecule has 1 heterocycles. The molecule has 8 nitrogen and oxygen atoms in total. The minimum atomic E-state index is -1.39. The van der Waals surface area contributed by atoms with Gasteiger partial charge < -0.3 is 14.6 Å². The first kappa shape index (κ1) is 17.5. The summed E-state index contributed by atoms with van der Waals surface area (Å²) in [7, 11) is 3.99. The summed E-state index contributed by atoms with van der Waals surface area (Å²) in [4.78, 5) is 49.5. The van der Waals surface area contributed by atoms with E-state index in [1.807, 2.05) is 0 Å². The zero-order chi connectivity index (χ0) is 18.0. The van der Waals surface area contributed by atoms with Gasteiger partial charge in [-0.2, -0.15) is 0 Å². The van der Waals surface area contributed by atoms with Crippen LogP contribution in [0.4, 0.5) is 4.79 Å². The fourth-order valence-electron chi connectivity index (χ4n) is 2.74. The maximum absolute atomic E-state index is 12.4. The number of benzene rings is 1. The van der Waals surface area contributed by atoms with Crippen LogP contribution in [0.2, 0.25) is 0 Å². The summed E-state index contributed by atoms with van der Waals surface area (Å²) in [5.74, 6) is -4.55. The summed E-state index contributed by atoms with van der Waals surface area (Å²) in [6.45, 7) is 0. The number of urea groups is 1. The standard InChI is InChI=1S/C16H18N2O6/c1-17-14(21)13(15(22)18(2)16(17)23)11(8-12(19)20)9-4-6-10(24-3)7-5-9/h4-7,11,13H,8H2,1-3H3,(H,19,20)/p-1/t11-/m1/s1. The first-order chi connectivity index (χ1) is 11.3. The third-order valence-corrected chi connectivity index (χ3v) is 4.10. The lowest BCUT2D eigenvalue weighted by Gasteiger charge is -2.36. The lowest BCUT2D eigenvalue weighted by atomic mass is 9.81. The van der Waals surface area contributed by atoms with Gasteiger partial charge in [0.05, 0.1) is 7.11 Å². The van der Waals surface area contributed by atoms with E-state index in [0.717, 1.165) is 9.80 Å². The molecule has 1 saturated heterocycles. The number of barbiturate groups is 1. The van der Waals surface area contributed by atoms with Crippen LogP contribution < -0.4 is 9.84 Å². The van der Waals surface area contributed by atoms with E-state index >= 15 is 0 Å². The summed E-state index contributed by atoms with van der Waals surface area (Å²) >= 11 is 0. The maximum Gasteiger partial charge on any atom is 0.332 e. The first-order valence-corrected chi connectivity index (χ1v) is 7.20. The van der Waals surface area contributed by atoms with Crippen molar-refractivity contribution in [3.8, 4) is 5.75 Å². The van der Waals surface area contributed by atoms with Crippen molar-refractivity contribution in [1.82, 2.24) is 9.80 Å². The molecule has 0 radical (unpaired) electrons. The second-order valence-electron chi connectivity index (χ2n) is 5.51. The van der Waals surface area contributed by atoms with Crippen LogP contribution in [0.3, 0.4) is 0 Å². The topological polar surface area (TPSA) is 107 Å². The summed E-state index contributed by atoms with van der Waals surface area (Å²) in [6.07, 6.45) is -0.523. The van der Waals surface area contributed by atoms with E-state index in [1.54, 1.807) is 24.3 Å². The minimum absolute atomic E-state index is 0.475. The van der Waals surface area contributed by atoms with Crippen molar-refractivity contribution in [1.29, 1.82) is 0 Å². The molecule has 0 unspecified atom stereocenters. The number of ether oxygens (including phenoxy) is 1. The monoisotopic (exact) mass is 333 g/mol. The van der Waals surface area contributed by atoms with E-state index in [-0.39, 0.29) is 0 Å². The molecule has 1 aliphatic rings.